The number of rotatable bonds is 14. The SMILES string of the molecule is C=C\C(C)=C/C(=C/C=C(/c1cnc(/C(=C/CC=CC)C(C)=N)nc1)N(C)C)[C@@H](C)Nc1ccc(C)nc1C(F)(F)F.CCCC=O. The van der Waals surface area contributed by atoms with Crippen molar-refractivity contribution in [3.63, 3.8) is 0 Å². The number of hydrogen-bond donors (Lipinski definition) is 2. The van der Waals surface area contributed by atoms with E-state index in [4.69, 9.17) is 5.41 Å². The van der Waals surface area contributed by atoms with E-state index in [1.807, 2.05) is 76.2 Å². The lowest BCUT2D eigenvalue weighted by molar-refractivity contribution is -0.140. The molecule has 0 aliphatic rings. The van der Waals surface area contributed by atoms with Crippen molar-refractivity contribution < 1.29 is 18.0 Å². The van der Waals surface area contributed by atoms with Gasteiger partial charge in [0, 0.05) is 67.2 Å². The van der Waals surface area contributed by atoms with E-state index in [0.717, 1.165) is 35.1 Å². The Morgan fingerprint density at radius 3 is 2.28 bits per heavy atom. The summed E-state index contributed by atoms with van der Waals surface area (Å²) in [6, 6.07) is 2.46. The minimum atomic E-state index is -4.59. The first-order valence-electron chi connectivity index (χ1n) is 15.0. The summed E-state index contributed by atoms with van der Waals surface area (Å²) in [6.45, 7) is 14.6. The molecule has 248 valence electrons. The minimum Gasteiger partial charge on any atom is -0.377 e. The number of hydrogen-bond acceptors (Lipinski definition) is 7. The third kappa shape index (κ3) is 13.2. The molecule has 2 rings (SSSR count). The van der Waals surface area contributed by atoms with E-state index >= 15 is 0 Å². The number of halogens is 3. The largest absolute Gasteiger partial charge is 0.435 e. The third-order valence-electron chi connectivity index (χ3n) is 6.50. The Labute approximate surface area is 272 Å². The predicted molar refractivity (Wildman–Crippen MR) is 185 cm³/mol. The summed E-state index contributed by atoms with van der Waals surface area (Å²) in [6.07, 6.45) is 15.3. The standard InChI is InChI=1S/C32H39F3N6.C4H8O/c1-9-11-12-13-27(23(5)36)31-37-19-26(20-38-31)29(41(7)8)17-15-25(18-21(3)10-2)24(6)40-28-16-14-22(4)39-30(28)32(33,34)35;1-2-3-4-5/h9-11,13-20,24,36,40H,2,12H2,1,3-8H3;4H,2-3H2,1H3/b11-9?,21-18-,25-15-,27-13+,29-17-,36-23?;/t24-;/m1./s1. The Kier molecular flexibility index (Phi) is 16.9. The molecule has 46 heavy (non-hydrogen) atoms. The first-order valence-corrected chi connectivity index (χ1v) is 15.0. The lowest BCUT2D eigenvalue weighted by Crippen LogP contribution is -2.21. The van der Waals surface area contributed by atoms with Crippen molar-refractivity contribution in [2.75, 3.05) is 19.4 Å². The lowest BCUT2D eigenvalue weighted by Gasteiger charge is -2.21. The maximum atomic E-state index is 13.7. The van der Waals surface area contributed by atoms with Crippen LogP contribution in [0.3, 0.4) is 0 Å². The van der Waals surface area contributed by atoms with E-state index in [1.165, 1.54) is 13.0 Å². The fourth-order valence-corrected chi connectivity index (χ4v) is 3.98. The van der Waals surface area contributed by atoms with Crippen LogP contribution in [0, 0.1) is 12.3 Å². The fourth-order valence-electron chi connectivity index (χ4n) is 3.98. The Balaban J connectivity index is 0.00000195. The van der Waals surface area contributed by atoms with Gasteiger partial charge >= 0.3 is 6.18 Å². The van der Waals surface area contributed by atoms with Gasteiger partial charge in [-0.25, -0.2) is 15.0 Å². The number of nitrogens with one attached hydrogen (secondary N) is 2. The maximum Gasteiger partial charge on any atom is 0.435 e. The van der Waals surface area contributed by atoms with Crippen molar-refractivity contribution in [3.8, 4) is 0 Å². The van der Waals surface area contributed by atoms with Crippen LogP contribution in [0.4, 0.5) is 18.9 Å². The Hall–Kier alpha value is -4.60. The van der Waals surface area contributed by atoms with Gasteiger partial charge in [0.15, 0.2) is 11.5 Å². The van der Waals surface area contributed by atoms with E-state index in [9.17, 15) is 18.0 Å². The van der Waals surface area contributed by atoms with Crippen molar-refractivity contribution in [2.24, 2.45) is 0 Å². The molecular weight excluding hydrogens is 589 g/mol. The molecule has 10 heteroatoms. The molecule has 0 spiro atoms. The van der Waals surface area contributed by atoms with Crippen LogP contribution in [0.25, 0.3) is 11.3 Å². The number of aldehydes is 1. The van der Waals surface area contributed by atoms with Crippen LogP contribution in [0.5, 0.6) is 0 Å². The topological polar surface area (TPSA) is 94.9 Å². The zero-order valence-corrected chi connectivity index (χ0v) is 28.2. The lowest BCUT2D eigenvalue weighted by atomic mass is 10.0. The second kappa shape index (κ2) is 19.7. The second-order valence-corrected chi connectivity index (χ2v) is 10.7. The van der Waals surface area contributed by atoms with Gasteiger partial charge in [-0.15, -0.1) is 0 Å². The molecule has 0 saturated heterocycles. The Morgan fingerprint density at radius 1 is 1.15 bits per heavy atom. The molecule has 0 amide bonds. The fraction of sp³-hybridized carbons (Fsp3) is 0.361. The molecule has 0 aliphatic carbocycles. The number of allylic oxidation sites excluding steroid dienone is 8. The van der Waals surface area contributed by atoms with Gasteiger partial charge in [0.25, 0.3) is 0 Å². The molecule has 0 bridgehead atoms. The Bertz CT molecular complexity index is 1470. The molecule has 1 atom stereocenters. The van der Waals surface area contributed by atoms with Crippen molar-refractivity contribution >= 4 is 29.0 Å². The molecule has 2 heterocycles. The summed E-state index contributed by atoms with van der Waals surface area (Å²) in [5, 5.41) is 11.1. The number of anilines is 1. The summed E-state index contributed by atoms with van der Waals surface area (Å²) >= 11 is 0. The van der Waals surface area contributed by atoms with Crippen LogP contribution in [0.15, 0.2) is 84.8 Å². The zero-order chi connectivity index (χ0) is 34.9. The van der Waals surface area contributed by atoms with Crippen LogP contribution in [0.1, 0.15) is 76.7 Å². The van der Waals surface area contributed by atoms with Gasteiger partial charge in [0.05, 0.1) is 5.69 Å². The smallest absolute Gasteiger partial charge is 0.377 e. The number of carbonyl (C=O) groups is 1. The van der Waals surface area contributed by atoms with E-state index in [-0.39, 0.29) is 11.4 Å². The number of unbranched alkanes of at least 4 members (excludes halogenated alkanes) is 1. The van der Waals surface area contributed by atoms with Gasteiger partial charge in [0.1, 0.15) is 6.29 Å². The first-order chi connectivity index (χ1) is 21.7. The highest BCUT2D eigenvalue weighted by atomic mass is 19.4. The quantitative estimate of drug-likeness (QED) is 0.0930. The maximum absolute atomic E-state index is 13.7. The molecule has 2 N–H and O–H groups in total. The third-order valence-corrected chi connectivity index (χ3v) is 6.50. The van der Waals surface area contributed by atoms with E-state index < -0.39 is 17.9 Å². The predicted octanol–water partition coefficient (Wildman–Crippen LogP) is 9.04. The molecular formula is C36H47F3N6O. The highest BCUT2D eigenvalue weighted by molar-refractivity contribution is 6.20. The average Bonchev–Trinajstić information content (AvgIpc) is 3.00. The van der Waals surface area contributed by atoms with Gasteiger partial charge in [0.2, 0.25) is 0 Å². The van der Waals surface area contributed by atoms with Crippen molar-refractivity contribution in [2.45, 2.75) is 73.0 Å². The summed E-state index contributed by atoms with van der Waals surface area (Å²) in [7, 11) is 3.77. The van der Waals surface area contributed by atoms with E-state index in [1.54, 1.807) is 38.4 Å². The molecule has 0 fully saturated rings. The highest BCUT2D eigenvalue weighted by Gasteiger charge is 2.36. The normalized spacial score (nSPS) is 13.5. The number of alkyl halides is 3. The van der Waals surface area contributed by atoms with Gasteiger partial charge in [-0.1, -0.05) is 55.5 Å². The molecule has 2 aromatic rings. The number of pyridine rings is 1. The van der Waals surface area contributed by atoms with Crippen LogP contribution < -0.4 is 5.32 Å². The number of aromatic nitrogens is 3. The van der Waals surface area contributed by atoms with Crippen molar-refractivity contribution in [3.05, 3.63) is 108 Å². The molecule has 0 aliphatic heterocycles. The second-order valence-electron chi connectivity index (χ2n) is 10.7. The van der Waals surface area contributed by atoms with Gasteiger partial charge < -0.3 is 20.4 Å². The monoisotopic (exact) mass is 636 g/mol. The molecule has 0 unspecified atom stereocenters. The van der Waals surface area contributed by atoms with Crippen LogP contribution >= 0.6 is 0 Å². The summed E-state index contributed by atoms with van der Waals surface area (Å²) in [5.74, 6) is 0.467. The summed E-state index contributed by atoms with van der Waals surface area (Å²) < 4.78 is 41.1. The summed E-state index contributed by atoms with van der Waals surface area (Å²) in [5.41, 5.74) is 3.43. The minimum absolute atomic E-state index is 0.0910. The molecule has 0 aromatic carbocycles. The first kappa shape index (κ1) is 39.4. The van der Waals surface area contributed by atoms with E-state index in [2.05, 4.69) is 26.8 Å². The van der Waals surface area contributed by atoms with Gasteiger partial charge in [-0.2, -0.15) is 13.2 Å². The van der Waals surface area contributed by atoms with Crippen LogP contribution in [-0.4, -0.2) is 52.0 Å². The number of aryl methyl sites for hydroxylation is 1. The average molecular weight is 637 g/mol. The molecule has 2 aromatic heterocycles. The van der Waals surface area contributed by atoms with Crippen molar-refractivity contribution in [1.82, 2.24) is 19.9 Å². The summed E-state index contributed by atoms with van der Waals surface area (Å²) in [4.78, 5) is 24.1. The highest BCUT2D eigenvalue weighted by Crippen LogP contribution is 2.34. The molecule has 0 saturated carbocycles. The number of nitrogens with zero attached hydrogens (tertiary/aromatic N) is 4. The Morgan fingerprint density at radius 2 is 1.80 bits per heavy atom. The molecule has 7 nitrogen and oxygen atoms in total. The van der Waals surface area contributed by atoms with Gasteiger partial charge in [-0.05, 0) is 71.2 Å². The van der Waals surface area contributed by atoms with Crippen LogP contribution in [0.2, 0.25) is 0 Å². The number of carbonyl (C=O) groups excluding carboxylic acids is 1. The molecule has 0 radical (unpaired) electrons. The zero-order valence-electron chi connectivity index (χ0n) is 28.2. The van der Waals surface area contributed by atoms with Crippen LogP contribution in [-0.2, 0) is 11.0 Å². The van der Waals surface area contributed by atoms with E-state index in [0.29, 0.717) is 30.0 Å². The van der Waals surface area contributed by atoms with Gasteiger partial charge in [-0.3, -0.25) is 0 Å². The van der Waals surface area contributed by atoms with Crippen molar-refractivity contribution in [1.29, 1.82) is 5.41 Å².